The van der Waals surface area contributed by atoms with Crippen molar-refractivity contribution in [1.29, 1.82) is 0 Å². The van der Waals surface area contributed by atoms with Gasteiger partial charge in [0, 0.05) is 40.1 Å². The molecule has 11 nitrogen and oxygen atoms in total. The van der Waals surface area contributed by atoms with Crippen molar-refractivity contribution < 1.29 is 28.2 Å². The van der Waals surface area contributed by atoms with Crippen LogP contribution in [0.5, 0.6) is 0 Å². The van der Waals surface area contributed by atoms with Gasteiger partial charge in [0.05, 0.1) is 29.4 Å². The molecule has 2 amide bonds. The van der Waals surface area contributed by atoms with Gasteiger partial charge in [0.15, 0.2) is 0 Å². The summed E-state index contributed by atoms with van der Waals surface area (Å²) in [5.74, 6) is -2.05. The number of pyridine rings is 2. The summed E-state index contributed by atoms with van der Waals surface area (Å²) >= 11 is 0. The van der Waals surface area contributed by atoms with E-state index in [0.29, 0.717) is 11.4 Å². The Morgan fingerprint density at radius 2 is 1.73 bits per heavy atom. The zero-order chi connectivity index (χ0) is 35.3. The number of nitrogens with one attached hydrogen (secondary N) is 2. The fourth-order valence-electron chi connectivity index (χ4n) is 5.18. The van der Waals surface area contributed by atoms with Gasteiger partial charge in [0.25, 0.3) is 0 Å². The van der Waals surface area contributed by atoms with Crippen molar-refractivity contribution in [1.82, 2.24) is 25.1 Å². The van der Waals surface area contributed by atoms with Gasteiger partial charge in [-0.05, 0) is 68.8 Å². The van der Waals surface area contributed by atoms with Crippen LogP contribution in [0.25, 0.3) is 33.4 Å². The first-order chi connectivity index (χ1) is 23.3. The van der Waals surface area contributed by atoms with Gasteiger partial charge in [0.1, 0.15) is 24.2 Å². The van der Waals surface area contributed by atoms with E-state index in [2.05, 4.69) is 20.6 Å². The van der Waals surface area contributed by atoms with E-state index < -0.39 is 35.3 Å². The second-order valence-corrected chi connectivity index (χ2v) is 13.0. The monoisotopic (exact) mass is 666 g/mol. The number of alkyl carbamates (subject to hydrolysis) is 1. The van der Waals surface area contributed by atoms with E-state index in [1.165, 1.54) is 10.7 Å². The zero-order valence-corrected chi connectivity index (χ0v) is 28.3. The van der Waals surface area contributed by atoms with Gasteiger partial charge in [-0.3, -0.25) is 19.4 Å². The second-order valence-electron chi connectivity index (χ2n) is 13.0. The summed E-state index contributed by atoms with van der Waals surface area (Å²) in [6.07, 6.45) is 1.78. The molecular weight excluding hydrogens is 627 g/mol. The third-order valence-electron chi connectivity index (χ3n) is 7.54. The van der Waals surface area contributed by atoms with Gasteiger partial charge in [-0.2, -0.15) is 5.10 Å². The van der Waals surface area contributed by atoms with Crippen LogP contribution in [-0.4, -0.2) is 56.5 Å². The number of halogens is 1. The molecule has 2 N–H and O–H groups in total. The van der Waals surface area contributed by atoms with Gasteiger partial charge in [-0.25, -0.2) is 14.0 Å². The van der Waals surface area contributed by atoms with E-state index in [9.17, 15) is 18.8 Å². The highest BCUT2D eigenvalue weighted by Crippen LogP contribution is 2.34. The number of aryl methyl sites for hydroxylation is 1. The predicted octanol–water partition coefficient (Wildman–Crippen LogP) is 6.95. The first-order valence-corrected chi connectivity index (χ1v) is 15.9. The molecule has 1 atom stereocenters. The first kappa shape index (κ1) is 34.7. The predicted molar refractivity (Wildman–Crippen MR) is 184 cm³/mol. The molecule has 0 bridgehead atoms. The number of carbonyl (C=O) groups is 3. The van der Waals surface area contributed by atoms with Crippen LogP contribution in [0.4, 0.5) is 14.9 Å². The SMILES string of the molecule is Cc1cccc(-c2nn(CC(=O)Nc3cc(F)cc(C(=O)OC(CNC(=O)OC(C)C)C(C)(C)C)c3)cc2-c2ccnc3ccccc23)n1. The number of para-hydroxylation sites is 1. The van der Waals surface area contributed by atoms with Crippen LogP contribution in [0.2, 0.25) is 0 Å². The molecule has 0 aliphatic carbocycles. The van der Waals surface area contributed by atoms with Crippen LogP contribution in [0.3, 0.4) is 0 Å². The fourth-order valence-corrected chi connectivity index (χ4v) is 5.18. The molecule has 0 fully saturated rings. The van der Waals surface area contributed by atoms with Gasteiger partial charge >= 0.3 is 12.1 Å². The Bertz CT molecular complexity index is 2000. The lowest BCUT2D eigenvalue weighted by Crippen LogP contribution is -2.42. The fraction of sp³-hybridized carbons (Fsp3) is 0.297. The highest BCUT2D eigenvalue weighted by atomic mass is 19.1. The maximum Gasteiger partial charge on any atom is 0.407 e. The maximum absolute atomic E-state index is 14.7. The normalized spacial score (nSPS) is 12.1. The third-order valence-corrected chi connectivity index (χ3v) is 7.54. The summed E-state index contributed by atoms with van der Waals surface area (Å²) in [6, 6.07) is 18.8. The van der Waals surface area contributed by atoms with E-state index >= 15 is 0 Å². The Balaban J connectivity index is 1.36. The van der Waals surface area contributed by atoms with Crippen molar-refractivity contribution in [2.24, 2.45) is 5.41 Å². The molecule has 5 rings (SSSR count). The Labute approximate surface area is 283 Å². The lowest BCUT2D eigenvalue weighted by Gasteiger charge is -2.30. The van der Waals surface area contributed by atoms with Gasteiger partial charge in [-0.1, -0.05) is 45.0 Å². The van der Waals surface area contributed by atoms with Gasteiger partial charge in [0.2, 0.25) is 5.91 Å². The smallest absolute Gasteiger partial charge is 0.407 e. The molecule has 49 heavy (non-hydrogen) atoms. The Hall–Kier alpha value is -5.65. The van der Waals surface area contributed by atoms with Crippen LogP contribution in [0, 0.1) is 18.2 Å². The second kappa shape index (κ2) is 14.6. The quantitative estimate of drug-likeness (QED) is 0.153. The molecule has 0 spiro atoms. The summed E-state index contributed by atoms with van der Waals surface area (Å²) in [5.41, 5.74) is 3.90. The third kappa shape index (κ3) is 8.83. The van der Waals surface area contributed by atoms with E-state index in [1.807, 2.05) is 76.2 Å². The molecule has 2 aromatic carbocycles. The van der Waals surface area contributed by atoms with Crippen molar-refractivity contribution in [2.75, 3.05) is 11.9 Å². The number of carbonyl (C=O) groups excluding carboxylic acids is 3. The number of aromatic nitrogens is 4. The molecule has 0 aliphatic heterocycles. The Kier molecular flexibility index (Phi) is 10.4. The molecule has 12 heteroatoms. The summed E-state index contributed by atoms with van der Waals surface area (Å²) < 4.78 is 27.0. The molecule has 0 aliphatic rings. The summed E-state index contributed by atoms with van der Waals surface area (Å²) in [6.45, 7) is 10.6. The first-order valence-electron chi connectivity index (χ1n) is 15.9. The molecular formula is C37H39FN6O5. The van der Waals surface area contributed by atoms with Crippen LogP contribution in [0.15, 0.2) is 79.1 Å². The topological polar surface area (TPSA) is 137 Å². The van der Waals surface area contributed by atoms with Crippen molar-refractivity contribution >= 4 is 34.6 Å². The summed E-state index contributed by atoms with van der Waals surface area (Å²) in [7, 11) is 0. The van der Waals surface area contributed by atoms with Crippen molar-refractivity contribution in [3.8, 4) is 22.5 Å². The number of amides is 2. The maximum atomic E-state index is 14.7. The van der Waals surface area contributed by atoms with Crippen molar-refractivity contribution in [3.05, 3.63) is 96.2 Å². The van der Waals surface area contributed by atoms with E-state index in [0.717, 1.165) is 39.9 Å². The number of fused-ring (bicyclic) bond motifs is 1. The number of ether oxygens (including phenoxy) is 2. The molecule has 0 saturated carbocycles. The molecule has 5 aromatic rings. The zero-order valence-electron chi connectivity index (χ0n) is 28.3. The van der Waals surface area contributed by atoms with Crippen LogP contribution < -0.4 is 10.6 Å². The van der Waals surface area contributed by atoms with Crippen molar-refractivity contribution in [2.45, 2.75) is 60.3 Å². The van der Waals surface area contributed by atoms with E-state index in [1.54, 1.807) is 26.2 Å². The largest absolute Gasteiger partial charge is 0.456 e. The summed E-state index contributed by atoms with van der Waals surface area (Å²) in [5, 5.41) is 10.9. The number of nitrogens with zero attached hydrogens (tertiary/aromatic N) is 4. The van der Waals surface area contributed by atoms with Crippen molar-refractivity contribution in [3.63, 3.8) is 0 Å². The number of benzene rings is 2. The standard InChI is InChI=1S/C37H39FN6O5/c1-22(2)48-36(47)40-19-32(37(4,5)6)49-35(46)24-16-25(38)18-26(17-24)42-33(45)21-44-20-29(34(43-44)31-13-9-10-23(3)41-31)27-14-15-39-30-12-8-7-11-28(27)30/h7-18,20,22,32H,19,21H2,1-6H3,(H,40,47)(H,42,45). The van der Waals surface area contributed by atoms with E-state index in [4.69, 9.17) is 14.6 Å². The number of hydrogen-bond donors (Lipinski definition) is 2. The van der Waals surface area contributed by atoms with Gasteiger partial charge < -0.3 is 20.1 Å². The van der Waals surface area contributed by atoms with Crippen LogP contribution >= 0.6 is 0 Å². The number of anilines is 1. The van der Waals surface area contributed by atoms with Crippen LogP contribution in [0.1, 0.15) is 50.7 Å². The Morgan fingerprint density at radius 3 is 2.47 bits per heavy atom. The lowest BCUT2D eigenvalue weighted by atomic mass is 9.89. The Morgan fingerprint density at radius 1 is 0.959 bits per heavy atom. The average molecular weight is 667 g/mol. The molecule has 3 heterocycles. The number of hydrogen-bond acceptors (Lipinski definition) is 8. The molecule has 254 valence electrons. The summed E-state index contributed by atoms with van der Waals surface area (Å²) in [4.78, 5) is 47.6. The molecule has 1 unspecified atom stereocenters. The number of esters is 1. The molecule has 0 saturated heterocycles. The minimum atomic E-state index is -0.814. The number of rotatable bonds is 10. The lowest BCUT2D eigenvalue weighted by molar-refractivity contribution is -0.116. The highest BCUT2D eigenvalue weighted by molar-refractivity contribution is 5.98. The van der Waals surface area contributed by atoms with E-state index in [-0.39, 0.29) is 30.4 Å². The molecule has 3 aromatic heterocycles. The average Bonchev–Trinajstić information content (AvgIpc) is 3.44. The van der Waals surface area contributed by atoms with Gasteiger partial charge in [-0.15, -0.1) is 0 Å². The molecule has 0 radical (unpaired) electrons. The highest BCUT2D eigenvalue weighted by Gasteiger charge is 2.30. The minimum Gasteiger partial charge on any atom is -0.456 e. The van der Waals surface area contributed by atoms with Crippen LogP contribution in [-0.2, 0) is 20.8 Å². The minimum absolute atomic E-state index is 0.0130.